The molecule has 1 saturated carbocycles. The average Bonchev–Trinajstić information content (AvgIpc) is 3.18. The quantitative estimate of drug-likeness (QED) is 0.739. The zero-order chi connectivity index (χ0) is 12.8. The van der Waals surface area contributed by atoms with Gasteiger partial charge in [-0.05, 0) is 25.0 Å². The van der Waals surface area contributed by atoms with Gasteiger partial charge < -0.3 is 15.4 Å². The molecule has 94 valence electrons. The molecule has 3 rings (SSSR count). The van der Waals surface area contributed by atoms with Crippen LogP contribution in [-0.4, -0.2) is 25.5 Å². The number of benzene rings is 1. The molecular weight excluding hydrogens is 232 g/mol. The molecule has 1 aromatic carbocycles. The number of methoxy groups -OCH3 is 1. The summed E-state index contributed by atoms with van der Waals surface area (Å²) in [4.78, 5) is 23.7. The Hall–Kier alpha value is -2.04. The summed E-state index contributed by atoms with van der Waals surface area (Å²) in [6.45, 7) is 0.569. The van der Waals surface area contributed by atoms with Gasteiger partial charge in [-0.1, -0.05) is 6.07 Å². The molecule has 5 heteroatoms. The van der Waals surface area contributed by atoms with Gasteiger partial charge in [-0.25, -0.2) is 4.79 Å². The van der Waals surface area contributed by atoms with Gasteiger partial charge in [0, 0.05) is 6.54 Å². The number of nitrogens with one attached hydrogen (secondary N) is 2. The third-order valence-electron chi connectivity index (χ3n) is 3.66. The van der Waals surface area contributed by atoms with Gasteiger partial charge in [-0.15, -0.1) is 0 Å². The normalized spacial score (nSPS) is 19.3. The fraction of sp³-hybridized carbons (Fsp3) is 0.385. The first-order valence-electron chi connectivity index (χ1n) is 5.93. The summed E-state index contributed by atoms with van der Waals surface area (Å²) < 4.78 is 4.75. The number of carbonyl (C=O) groups is 2. The Kier molecular flexibility index (Phi) is 2.29. The monoisotopic (exact) mass is 246 g/mol. The smallest absolute Gasteiger partial charge is 0.340 e. The van der Waals surface area contributed by atoms with Gasteiger partial charge in [0.1, 0.15) is 0 Å². The molecule has 1 aliphatic heterocycles. The first-order valence-corrected chi connectivity index (χ1v) is 5.93. The third-order valence-corrected chi connectivity index (χ3v) is 3.66. The Balaban J connectivity index is 2.03. The first kappa shape index (κ1) is 11.1. The minimum absolute atomic E-state index is 0.0377. The number of para-hydroxylation sites is 1. The third kappa shape index (κ3) is 1.54. The van der Waals surface area contributed by atoms with Crippen molar-refractivity contribution in [1.82, 2.24) is 0 Å². The van der Waals surface area contributed by atoms with Crippen LogP contribution in [0.1, 0.15) is 23.2 Å². The van der Waals surface area contributed by atoms with E-state index in [4.69, 9.17) is 4.74 Å². The summed E-state index contributed by atoms with van der Waals surface area (Å²) in [6.07, 6.45) is 1.79. The number of hydrogen-bond acceptors (Lipinski definition) is 4. The van der Waals surface area contributed by atoms with E-state index in [1.165, 1.54) is 7.11 Å². The van der Waals surface area contributed by atoms with Crippen LogP contribution >= 0.6 is 0 Å². The Bertz CT molecular complexity index is 535. The Morgan fingerprint density at radius 2 is 2.17 bits per heavy atom. The standard InChI is InChI=1S/C13H14N2O3/c1-18-11(16)8-3-2-4-9-10(8)14-7-13(5-6-13)12(17)15-9/h2-4,14H,5-7H2,1H3,(H,15,17). The molecule has 1 aromatic rings. The molecule has 1 heterocycles. The van der Waals surface area contributed by atoms with Crippen LogP contribution in [0.5, 0.6) is 0 Å². The van der Waals surface area contributed by atoms with Crippen LogP contribution in [0.2, 0.25) is 0 Å². The fourth-order valence-corrected chi connectivity index (χ4v) is 2.27. The van der Waals surface area contributed by atoms with Gasteiger partial charge >= 0.3 is 5.97 Å². The molecule has 2 aliphatic rings. The number of fused-ring (bicyclic) bond motifs is 1. The molecule has 1 amide bonds. The maximum absolute atomic E-state index is 12.0. The molecule has 0 atom stereocenters. The van der Waals surface area contributed by atoms with Crippen molar-refractivity contribution in [3.8, 4) is 0 Å². The lowest BCUT2D eigenvalue weighted by Gasteiger charge is -2.11. The van der Waals surface area contributed by atoms with E-state index >= 15 is 0 Å². The molecule has 1 aliphatic carbocycles. The predicted octanol–water partition coefficient (Wildman–Crippen LogP) is 1.62. The molecule has 0 saturated heterocycles. The van der Waals surface area contributed by atoms with Crippen LogP contribution in [0.25, 0.3) is 0 Å². The summed E-state index contributed by atoms with van der Waals surface area (Å²) in [5.41, 5.74) is 1.47. The number of ether oxygens (including phenoxy) is 1. The Morgan fingerprint density at radius 3 is 2.83 bits per heavy atom. The fourth-order valence-electron chi connectivity index (χ4n) is 2.27. The lowest BCUT2D eigenvalue weighted by molar-refractivity contribution is -0.120. The van der Waals surface area contributed by atoms with Crippen molar-refractivity contribution in [2.45, 2.75) is 12.8 Å². The second kappa shape index (κ2) is 3.73. The van der Waals surface area contributed by atoms with Gasteiger partial charge in [-0.3, -0.25) is 4.79 Å². The maximum Gasteiger partial charge on any atom is 0.340 e. The summed E-state index contributed by atoms with van der Waals surface area (Å²) >= 11 is 0. The van der Waals surface area contributed by atoms with Crippen molar-refractivity contribution >= 4 is 23.3 Å². The van der Waals surface area contributed by atoms with Crippen LogP contribution in [0.4, 0.5) is 11.4 Å². The van der Waals surface area contributed by atoms with Crippen LogP contribution < -0.4 is 10.6 Å². The molecule has 0 unspecified atom stereocenters. The van der Waals surface area contributed by atoms with E-state index < -0.39 is 5.97 Å². The number of esters is 1. The molecule has 18 heavy (non-hydrogen) atoms. The second-order valence-corrected chi connectivity index (χ2v) is 4.81. The van der Waals surface area contributed by atoms with E-state index in [0.29, 0.717) is 23.5 Å². The van der Waals surface area contributed by atoms with Gasteiger partial charge in [0.25, 0.3) is 0 Å². The van der Waals surface area contributed by atoms with Gasteiger partial charge in [0.05, 0.1) is 29.5 Å². The number of rotatable bonds is 1. The van der Waals surface area contributed by atoms with E-state index in [1.54, 1.807) is 18.2 Å². The predicted molar refractivity (Wildman–Crippen MR) is 66.6 cm³/mol. The second-order valence-electron chi connectivity index (χ2n) is 4.81. The number of anilines is 2. The van der Waals surface area contributed by atoms with Crippen molar-refractivity contribution in [3.05, 3.63) is 23.8 Å². The van der Waals surface area contributed by atoms with E-state index in [2.05, 4.69) is 10.6 Å². The Morgan fingerprint density at radius 1 is 1.39 bits per heavy atom. The molecule has 1 spiro atoms. The van der Waals surface area contributed by atoms with E-state index in [1.807, 2.05) is 0 Å². The van der Waals surface area contributed by atoms with Gasteiger partial charge in [0.15, 0.2) is 0 Å². The van der Waals surface area contributed by atoms with Crippen molar-refractivity contribution in [3.63, 3.8) is 0 Å². The zero-order valence-corrected chi connectivity index (χ0v) is 10.1. The molecule has 0 bridgehead atoms. The van der Waals surface area contributed by atoms with E-state index in [-0.39, 0.29) is 11.3 Å². The topological polar surface area (TPSA) is 67.4 Å². The van der Waals surface area contributed by atoms with Crippen molar-refractivity contribution < 1.29 is 14.3 Å². The molecule has 1 fully saturated rings. The van der Waals surface area contributed by atoms with Crippen molar-refractivity contribution in [2.75, 3.05) is 24.3 Å². The minimum atomic E-state index is -0.402. The Labute approximate surface area is 105 Å². The molecule has 5 nitrogen and oxygen atoms in total. The highest BCUT2D eigenvalue weighted by Gasteiger charge is 2.51. The zero-order valence-electron chi connectivity index (χ0n) is 10.1. The molecular formula is C13H14N2O3. The van der Waals surface area contributed by atoms with E-state index in [0.717, 1.165) is 12.8 Å². The van der Waals surface area contributed by atoms with Gasteiger partial charge in [-0.2, -0.15) is 0 Å². The van der Waals surface area contributed by atoms with Crippen molar-refractivity contribution in [1.29, 1.82) is 0 Å². The first-order chi connectivity index (χ1) is 8.66. The highest BCUT2D eigenvalue weighted by Crippen LogP contribution is 2.48. The SMILES string of the molecule is COC(=O)c1cccc2c1NCC1(CC1)C(=O)N2. The maximum atomic E-state index is 12.0. The molecule has 2 N–H and O–H groups in total. The van der Waals surface area contributed by atoms with Gasteiger partial charge in [0.2, 0.25) is 5.91 Å². The molecule has 0 aromatic heterocycles. The summed E-state index contributed by atoms with van der Waals surface area (Å²) in [5.74, 6) is -0.365. The largest absolute Gasteiger partial charge is 0.465 e. The van der Waals surface area contributed by atoms with E-state index in [9.17, 15) is 9.59 Å². The van der Waals surface area contributed by atoms with Crippen LogP contribution in [0.15, 0.2) is 18.2 Å². The summed E-state index contributed by atoms with van der Waals surface area (Å²) in [6, 6.07) is 5.21. The van der Waals surface area contributed by atoms with Crippen molar-refractivity contribution in [2.24, 2.45) is 5.41 Å². The highest BCUT2D eigenvalue weighted by atomic mass is 16.5. The summed E-state index contributed by atoms with van der Waals surface area (Å²) in [7, 11) is 1.35. The molecule has 0 radical (unpaired) electrons. The van der Waals surface area contributed by atoms with Crippen LogP contribution in [0, 0.1) is 5.41 Å². The number of carbonyl (C=O) groups excluding carboxylic acids is 2. The lowest BCUT2D eigenvalue weighted by atomic mass is 10.1. The minimum Gasteiger partial charge on any atom is -0.465 e. The average molecular weight is 246 g/mol. The van der Waals surface area contributed by atoms with Crippen LogP contribution in [-0.2, 0) is 9.53 Å². The lowest BCUT2D eigenvalue weighted by Crippen LogP contribution is -2.27. The number of hydrogen-bond donors (Lipinski definition) is 2. The highest BCUT2D eigenvalue weighted by molar-refractivity contribution is 6.06. The summed E-state index contributed by atoms with van der Waals surface area (Å²) in [5, 5.41) is 6.09. The number of amides is 1. The van der Waals surface area contributed by atoms with Crippen LogP contribution in [0.3, 0.4) is 0 Å².